The van der Waals surface area contributed by atoms with E-state index in [1.54, 1.807) is 4.90 Å². The number of nitrogen functional groups attached to an aromatic ring is 1. The van der Waals surface area contributed by atoms with Crippen LogP contribution in [0.4, 0.5) is 42.5 Å². The lowest BCUT2D eigenvalue weighted by Gasteiger charge is -2.43. The molecule has 2 aliphatic rings. The number of piperidine rings is 1. The Morgan fingerprint density at radius 3 is 2.43 bits per heavy atom. The summed E-state index contributed by atoms with van der Waals surface area (Å²) in [7, 11) is 0. The Balaban J connectivity index is 1.45. The standard InChI is InChI=1S/C30H29ClF7N5O3/c1-2-22-28(14-21(40-22)26(44)45)5-7-43(8-6-28)23-13-24(42-27(39)41-23)46-25(30(36,37)38)19-4-3-17(31)12-20(19)15-9-16(29(33,34)35)11-18(32)10-15/h3-4,9-13,21-22,25,40H,2,5-8,14H2,1H3,(H,44,45)(H2,39,41,42)/t21?,22?,25-/m1/s1. The highest BCUT2D eigenvalue weighted by molar-refractivity contribution is 6.30. The second-order valence-electron chi connectivity index (χ2n) is 11.5. The summed E-state index contributed by atoms with van der Waals surface area (Å²) in [5.41, 5.74) is 2.63. The molecule has 8 nitrogen and oxygen atoms in total. The van der Waals surface area contributed by atoms with Gasteiger partial charge in [0.25, 0.3) is 0 Å². The lowest BCUT2D eigenvalue weighted by molar-refractivity contribution is -0.198. The van der Waals surface area contributed by atoms with E-state index in [1.165, 1.54) is 6.07 Å². The lowest BCUT2D eigenvalue weighted by Crippen LogP contribution is -2.46. The summed E-state index contributed by atoms with van der Waals surface area (Å²) in [6.07, 6.45) is -10.5. The Morgan fingerprint density at radius 1 is 1.13 bits per heavy atom. The number of carboxylic acid groups (broad SMARTS) is 1. The van der Waals surface area contributed by atoms with E-state index in [0.717, 1.165) is 24.6 Å². The van der Waals surface area contributed by atoms with Crippen LogP contribution in [0.15, 0.2) is 42.5 Å². The molecule has 0 saturated carbocycles. The minimum atomic E-state index is -5.12. The molecule has 16 heteroatoms. The van der Waals surface area contributed by atoms with Gasteiger partial charge >= 0.3 is 18.3 Å². The monoisotopic (exact) mass is 675 g/mol. The third-order valence-corrected chi connectivity index (χ3v) is 8.85. The van der Waals surface area contributed by atoms with Gasteiger partial charge in [0.15, 0.2) is 0 Å². The molecule has 2 unspecified atom stereocenters. The zero-order valence-corrected chi connectivity index (χ0v) is 25.0. The van der Waals surface area contributed by atoms with Crippen molar-refractivity contribution in [3.05, 3.63) is 64.4 Å². The highest BCUT2D eigenvalue weighted by atomic mass is 35.5. The zero-order chi connectivity index (χ0) is 33.6. The first kappa shape index (κ1) is 33.5. The van der Waals surface area contributed by atoms with Gasteiger partial charge in [-0.05, 0) is 72.6 Å². The van der Waals surface area contributed by atoms with Crippen molar-refractivity contribution in [3.8, 4) is 17.0 Å². The van der Waals surface area contributed by atoms with Crippen molar-refractivity contribution in [2.75, 3.05) is 23.7 Å². The fourth-order valence-electron chi connectivity index (χ4n) is 6.47. The zero-order valence-electron chi connectivity index (χ0n) is 24.2. The van der Waals surface area contributed by atoms with E-state index in [2.05, 4.69) is 15.3 Å². The molecule has 5 rings (SSSR count). The first-order chi connectivity index (χ1) is 21.5. The Bertz CT molecular complexity index is 1610. The largest absolute Gasteiger partial charge is 0.480 e. The van der Waals surface area contributed by atoms with E-state index in [0.29, 0.717) is 44.5 Å². The minimum Gasteiger partial charge on any atom is -0.480 e. The van der Waals surface area contributed by atoms with Crippen LogP contribution in [0.2, 0.25) is 5.02 Å². The number of hydrogen-bond donors (Lipinski definition) is 3. The van der Waals surface area contributed by atoms with Gasteiger partial charge < -0.3 is 25.8 Å². The van der Waals surface area contributed by atoms with E-state index in [1.807, 2.05) is 6.92 Å². The maximum Gasteiger partial charge on any atom is 0.429 e. The predicted octanol–water partition coefficient (Wildman–Crippen LogP) is 7.03. The number of nitrogens with zero attached hydrogens (tertiary/aromatic N) is 3. The molecule has 3 heterocycles. The number of carboxylic acids is 1. The van der Waals surface area contributed by atoms with Crippen molar-refractivity contribution in [1.82, 2.24) is 15.3 Å². The van der Waals surface area contributed by atoms with Crippen molar-refractivity contribution in [3.63, 3.8) is 0 Å². The van der Waals surface area contributed by atoms with Crippen molar-refractivity contribution in [1.29, 1.82) is 0 Å². The molecule has 1 spiro atoms. The van der Waals surface area contributed by atoms with Gasteiger partial charge in [0.1, 0.15) is 17.7 Å². The van der Waals surface area contributed by atoms with Gasteiger partial charge in [0, 0.05) is 35.8 Å². The second-order valence-corrected chi connectivity index (χ2v) is 11.9. The van der Waals surface area contributed by atoms with Crippen molar-refractivity contribution in [2.24, 2.45) is 5.41 Å². The predicted molar refractivity (Wildman–Crippen MR) is 155 cm³/mol. The highest BCUT2D eigenvalue weighted by Crippen LogP contribution is 2.46. The quantitative estimate of drug-likeness (QED) is 0.229. The maximum absolute atomic E-state index is 14.6. The number of carbonyl (C=O) groups is 1. The number of anilines is 2. The lowest BCUT2D eigenvalue weighted by atomic mass is 9.71. The van der Waals surface area contributed by atoms with Crippen LogP contribution in [0.25, 0.3) is 11.1 Å². The normalized spacial score (nSPS) is 20.6. The number of aromatic nitrogens is 2. The molecule has 46 heavy (non-hydrogen) atoms. The minimum absolute atomic E-state index is 0.0171. The van der Waals surface area contributed by atoms with E-state index in [9.17, 15) is 40.6 Å². The third kappa shape index (κ3) is 6.94. The molecule has 0 bridgehead atoms. The molecule has 3 aromatic rings. The topological polar surface area (TPSA) is 114 Å². The third-order valence-electron chi connectivity index (χ3n) is 8.62. The number of aliphatic carboxylic acids is 1. The smallest absolute Gasteiger partial charge is 0.429 e. The van der Waals surface area contributed by atoms with Crippen LogP contribution in [0.3, 0.4) is 0 Å². The van der Waals surface area contributed by atoms with E-state index >= 15 is 0 Å². The van der Waals surface area contributed by atoms with Gasteiger partial charge in [-0.3, -0.25) is 4.79 Å². The Hall–Kier alpha value is -3.85. The number of ether oxygens (including phenoxy) is 1. The number of nitrogens with one attached hydrogen (secondary N) is 1. The van der Waals surface area contributed by atoms with Crippen LogP contribution < -0.4 is 20.7 Å². The molecule has 4 N–H and O–H groups in total. The van der Waals surface area contributed by atoms with Crippen molar-refractivity contribution >= 4 is 29.3 Å². The number of benzene rings is 2. The van der Waals surface area contributed by atoms with Crippen LogP contribution in [-0.4, -0.2) is 52.4 Å². The molecule has 0 aliphatic carbocycles. The fraction of sp³-hybridized carbons (Fsp3) is 0.433. The molecular weight excluding hydrogens is 647 g/mol. The molecule has 2 saturated heterocycles. The number of alkyl halides is 6. The maximum atomic E-state index is 14.6. The number of nitrogens with two attached hydrogens (primary N) is 1. The molecule has 3 atom stereocenters. The highest BCUT2D eigenvalue weighted by Gasteiger charge is 2.50. The fourth-order valence-corrected chi connectivity index (χ4v) is 6.64. The van der Waals surface area contributed by atoms with Crippen LogP contribution in [0, 0.1) is 11.2 Å². The van der Waals surface area contributed by atoms with Gasteiger partial charge in [-0.2, -0.15) is 36.3 Å². The summed E-state index contributed by atoms with van der Waals surface area (Å²) in [4.78, 5) is 21.4. The Labute approximate surface area is 263 Å². The average Bonchev–Trinajstić information content (AvgIpc) is 3.33. The van der Waals surface area contributed by atoms with Crippen LogP contribution in [0.5, 0.6) is 5.88 Å². The average molecular weight is 676 g/mol. The Kier molecular flexibility index (Phi) is 9.03. The molecule has 0 amide bonds. The van der Waals surface area contributed by atoms with E-state index in [4.69, 9.17) is 22.1 Å². The summed E-state index contributed by atoms with van der Waals surface area (Å²) in [5, 5.41) is 12.6. The molecule has 1 aromatic heterocycles. The molecular formula is C30H29ClF7N5O3. The summed E-state index contributed by atoms with van der Waals surface area (Å²) < 4.78 is 104. The van der Waals surface area contributed by atoms with Gasteiger partial charge in [-0.15, -0.1) is 0 Å². The summed E-state index contributed by atoms with van der Waals surface area (Å²) in [6.45, 7) is 2.79. The molecule has 2 aromatic carbocycles. The first-order valence-electron chi connectivity index (χ1n) is 14.3. The van der Waals surface area contributed by atoms with Crippen molar-refractivity contribution < 1.29 is 45.4 Å². The summed E-state index contributed by atoms with van der Waals surface area (Å²) >= 11 is 6.02. The summed E-state index contributed by atoms with van der Waals surface area (Å²) in [6, 6.07) is 4.95. The molecule has 248 valence electrons. The number of hydrogen-bond acceptors (Lipinski definition) is 7. The van der Waals surface area contributed by atoms with Gasteiger partial charge in [0.2, 0.25) is 17.9 Å². The first-order valence-corrected chi connectivity index (χ1v) is 14.7. The van der Waals surface area contributed by atoms with Crippen LogP contribution >= 0.6 is 11.6 Å². The van der Waals surface area contributed by atoms with Crippen molar-refractivity contribution in [2.45, 2.75) is 63.1 Å². The van der Waals surface area contributed by atoms with E-state index < -0.39 is 64.4 Å². The number of halogens is 8. The van der Waals surface area contributed by atoms with Crippen LogP contribution in [-0.2, 0) is 11.0 Å². The molecule has 0 radical (unpaired) electrons. The van der Waals surface area contributed by atoms with Gasteiger partial charge in [0.05, 0.1) is 5.56 Å². The molecule has 2 aliphatic heterocycles. The second kappa shape index (κ2) is 12.4. The van der Waals surface area contributed by atoms with Crippen LogP contribution in [0.1, 0.15) is 49.8 Å². The Morgan fingerprint density at radius 2 is 1.83 bits per heavy atom. The summed E-state index contributed by atoms with van der Waals surface area (Å²) in [5.74, 6) is -2.99. The number of rotatable bonds is 7. The van der Waals surface area contributed by atoms with Gasteiger partial charge in [-0.1, -0.05) is 24.6 Å². The SMILES string of the molecule is CCC1NC(C(=O)O)CC12CCN(c1cc(O[C@H](c3ccc(Cl)cc3-c3cc(F)cc(C(F)(F)F)c3)C(F)(F)F)nc(N)n1)CC2. The van der Waals surface area contributed by atoms with Gasteiger partial charge in [-0.25, -0.2) is 4.39 Å². The molecule has 2 fully saturated rings. The van der Waals surface area contributed by atoms with E-state index in [-0.39, 0.29) is 34.3 Å².